The molecule has 142 valence electrons. The van der Waals surface area contributed by atoms with Gasteiger partial charge in [0.2, 0.25) is 5.91 Å². The van der Waals surface area contributed by atoms with E-state index < -0.39 is 6.10 Å². The smallest absolute Gasteiger partial charge is 0.222 e. The Bertz CT molecular complexity index is 479. The van der Waals surface area contributed by atoms with Crippen molar-refractivity contribution in [1.82, 2.24) is 15.5 Å². The van der Waals surface area contributed by atoms with Crippen LogP contribution < -0.4 is 10.6 Å². The molecule has 0 aromatic carbocycles. The van der Waals surface area contributed by atoms with E-state index in [2.05, 4.69) is 22.6 Å². The molecule has 3 aliphatic heterocycles. The van der Waals surface area contributed by atoms with Crippen molar-refractivity contribution in [1.29, 1.82) is 0 Å². The first-order valence-corrected chi connectivity index (χ1v) is 9.79. The predicted molar refractivity (Wildman–Crippen MR) is 92.2 cm³/mol. The summed E-state index contributed by atoms with van der Waals surface area (Å²) in [5.41, 5.74) is 0. The maximum Gasteiger partial charge on any atom is 0.222 e. The Morgan fingerprint density at radius 1 is 1.16 bits per heavy atom. The van der Waals surface area contributed by atoms with E-state index in [1.54, 1.807) is 0 Å². The number of hydrogen-bond donors (Lipinski definition) is 3. The van der Waals surface area contributed by atoms with Crippen LogP contribution in [-0.2, 0) is 14.3 Å². The fourth-order valence-electron chi connectivity index (χ4n) is 4.23. The van der Waals surface area contributed by atoms with Gasteiger partial charge in [-0.2, -0.15) is 0 Å². The molecular weight excluding hydrogens is 322 g/mol. The second kappa shape index (κ2) is 7.48. The maximum atomic E-state index is 11.9. The number of piperidine rings is 1. The third-order valence-electron chi connectivity index (χ3n) is 5.96. The second-order valence-electron chi connectivity index (χ2n) is 8.19. The summed E-state index contributed by atoms with van der Waals surface area (Å²) in [6, 6.07) is 0.887. The number of carbonyl (C=O) groups is 1. The second-order valence-corrected chi connectivity index (χ2v) is 8.19. The van der Waals surface area contributed by atoms with Crippen molar-refractivity contribution in [2.45, 2.75) is 81.1 Å². The molecule has 4 fully saturated rings. The highest BCUT2D eigenvalue weighted by molar-refractivity contribution is 5.77. The zero-order valence-electron chi connectivity index (χ0n) is 15.0. The summed E-state index contributed by atoms with van der Waals surface area (Å²) < 4.78 is 12.0. The van der Waals surface area contributed by atoms with Crippen LogP contribution in [0.4, 0.5) is 0 Å². The average molecular weight is 353 g/mol. The molecule has 1 amide bonds. The van der Waals surface area contributed by atoms with Gasteiger partial charge in [-0.05, 0) is 45.8 Å². The van der Waals surface area contributed by atoms with Crippen LogP contribution in [0.15, 0.2) is 0 Å². The first kappa shape index (κ1) is 17.7. The van der Waals surface area contributed by atoms with Crippen LogP contribution in [0.2, 0.25) is 0 Å². The molecule has 5 atom stereocenters. The standard InChI is InChI=1S/C18H31N3O4/c1-21-6-4-11(5-7-21)19-10-15-17(23)18-14(25-15)8-13(24-18)9-16(22)20-12-2-3-12/h11-15,17-19,23H,2-10H2,1H3,(H,20,22)/t13-,14+,15+,17+,18-/m0/s1. The first-order chi connectivity index (χ1) is 12.1. The molecule has 0 aromatic heterocycles. The topological polar surface area (TPSA) is 83.1 Å². The number of rotatable bonds is 6. The normalized spacial score (nSPS) is 39.5. The number of hydrogen-bond acceptors (Lipinski definition) is 6. The molecule has 1 aliphatic carbocycles. The third-order valence-corrected chi connectivity index (χ3v) is 5.96. The van der Waals surface area contributed by atoms with Gasteiger partial charge in [0.1, 0.15) is 12.2 Å². The molecule has 0 unspecified atom stereocenters. The van der Waals surface area contributed by atoms with Crippen molar-refractivity contribution in [3.8, 4) is 0 Å². The highest BCUT2D eigenvalue weighted by atomic mass is 16.6. The largest absolute Gasteiger partial charge is 0.388 e. The summed E-state index contributed by atoms with van der Waals surface area (Å²) in [5.74, 6) is 0.0578. The number of amides is 1. The Labute approximate surface area is 149 Å². The van der Waals surface area contributed by atoms with Gasteiger partial charge in [0.05, 0.1) is 24.7 Å². The van der Waals surface area contributed by atoms with Crippen LogP contribution in [-0.4, -0.2) is 85.2 Å². The van der Waals surface area contributed by atoms with E-state index in [0.29, 0.717) is 31.5 Å². The summed E-state index contributed by atoms with van der Waals surface area (Å²) >= 11 is 0. The van der Waals surface area contributed by atoms with E-state index in [4.69, 9.17) is 9.47 Å². The molecular formula is C18H31N3O4. The van der Waals surface area contributed by atoms with E-state index in [-0.39, 0.29) is 30.3 Å². The average Bonchev–Trinajstić information content (AvgIpc) is 3.23. The van der Waals surface area contributed by atoms with Gasteiger partial charge < -0.3 is 30.1 Å². The molecule has 3 saturated heterocycles. The minimum absolute atomic E-state index is 0.0578. The number of aliphatic hydroxyl groups excluding tert-OH is 1. The van der Waals surface area contributed by atoms with Crippen LogP contribution in [0, 0.1) is 0 Å². The first-order valence-electron chi connectivity index (χ1n) is 9.79. The molecule has 0 aromatic rings. The monoisotopic (exact) mass is 353 g/mol. The Morgan fingerprint density at radius 3 is 2.60 bits per heavy atom. The van der Waals surface area contributed by atoms with E-state index in [0.717, 1.165) is 38.8 Å². The van der Waals surface area contributed by atoms with Crippen molar-refractivity contribution < 1.29 is 19.4 Å². The Balaban J connectivity index is 1.19. The van der Waals surface area contributed by atoms with Crippen molar-refractivity contribution in [3.05, 3.63) is 0 Å². The molecule has 0 radical (unpaired) electrons. The quantitative estimate of drug-likeness (QED) is 0.604. The lowest BCUT2D eigenvalue weighted by Gasteiger charge is -2.30. The molecule has 3 N–H and O–H groups in total. The maximum absolute atomic E-state index is 11.9. The van der Waals surface area contributed by atoms with Gasteiger partial charge in [0, 0.05) is 25.0 Å². The van der Waals surface area contributed by atoms with Crippen molar-refractivity contribution in [2.75, 3.05) is 26.7 Å². The summed E-state index contributed by atoms with van der Waals surface area (Å²) in [5, 5.41) is 17.1. The number of carbonyl (C=O) groups excluding carboxylic acids is 1. The van der Waals surface area contributed by atoms with Crippen molar-refractivity contribution >= 4 is 5.91 Å². The zero-order chi connectivity index (χ0) is 17.4. The lowest BCUT2D eigenvalue weighted by Crippen LogP contribution is -2.46. The number of ether oxygens (including phenoxy) is 2. The molecule has 4 aliphatic rings. The molecule has 0 bridgehead atoms. The Hall–Kier alpha value is -0.730. The van der Waals surface area contributed by atoms with Crippen LogP contribution >= 0.6 is 0 Å². The van der Waals surface area contributed by atoms with Crippen molar-refractivity contribution in [3.63, 3.8) is 0 Å². The number of fused-ring (bicyclic) bond motifs is 1. The van der Waals surface area contributed by atoms with Crippen LogP contribution in [0.5, 0.6) is 0 Å². The lowest BCUT2D eigenvalue weighted by atomic mass is 10.0. The molecule has 1 saturated carbocycles. The van der Waals surface area contributed by atoms with Crippen LogP contribution in [0.3, 0.4) is 0 Å². The van der Waals surface area contributed by atoms with Gasteiger partial charge in [-0.25, -0.2) is 0 Å². The predicted octanol–water partition coefficient (Wildman–Crippen LogP) is -0.375. The molecule has 4 rings (SSSR count). The van der Waals surface area contributed by atoms with Crippen LogP contribution in [0.1, 0.15) is 38.5 Å². The summed E-state index contributed by atoms with van der Waals surface area (Å²) in [7, 11) is 2.15. The van der Waals surface area contributed by atoms with E-state index in [9.17, 15) is 9.90 Å². The van der Waals surface area contributed by atoms with E-state index in [1.807, 2.05) is 0 Å². The highest BCUT2D eigenvalue weighted by Gasteiger charge is 2.50. The molecule has 7 heteroatoms. The van der Waals surface area contributed by atoms with Crippen molar-refractivity contribution in [2.24, 2.45) is 0 Å². The molecule has 25 heavy (non-hydrogen) atoms. The number of nitrogens with zero attached hydrogens (tertiary/aromatic N) is 1. The number of likely N-dealkylation sites (tertiary alicyclic amines) is 1. The Morgan fingerprint density at radius 2 is 1.92 bits per heavy atom. The molecule has 3 heterocycles. The van der Waals surface area contributed by atoms with E-state index >= 15 is 0 Å². The summed E-state index contributed by atoms with van der Waals surface area (Å²) in [4.78, 5) is 14.3. The molecule has 0 spiro atoms. The number of nitrogens with one attached hydrogen (secondary N) is 2. The number of aliphatic hydroxyl groups is 1. The fraction of sp³-hybridized carbons (Fsp3) is 0.944. The minimum atomic E-state index is -0.611. The van der Waals surface area contributed by atoms with Gasteiger partial charge in [-0.1, -0.05) is 0 Å². The zero-order valence-corrected chi connectivity index (χ0v) is 15.0. The SMILES string of the molecule is CN1CCC(NC[C@H]2O[C@@H]3C[C@@H](CC(=O)NC4CC4)O[C@@H]3[C@@H]2O)CC1. The van der Waals surface area contributed by atoms with Gasteiger partial charge in [-0.15, -0.1) is 0 Å². The summed E-state index contributed by atoms with van der Waals surface area (Å²) in [6.07, 6.45) is 4.21. The lowest BCUT2D eigenvalue weighted by molar-refractivity contribution is -0.124. The third kappa shape index (κ3) is 4.34. The molecule has 7 nitrogen and oxygen atoms in total. The van der Waals surface area contributed by atoms with Gasteiger partial charge in [-0.3, -0.25) is 4.79 Å². The van der Waals surface area contributed by atoms with Gasteiger partial charge >= 0.3 is 0 Å². The summed E-state index contributed by atoms with van der Waals surface area (Å²) in [6.45, 7) is 2.90. The highest BCUT2D eigenvalue weighted by Crippen LogP contribution is 2.35. The van der Waals surface area contributed by atoms with Gasteiger partial charge in [0.25, 0.3) is 0 Å². The fourth-order valence-corrected chi connectivity index (χ4v) is 4.23. The van der Waals surface area contributed by atoms with Gasteiger partial charge in [0.15, 0.2) is 0 Å². The van der Waals surface area contributed by atoms with Crippen LogP contribution in [0.25, 0.3) is 0 Å². The van der Waals surface area contributed by atoms with E-state index in [1.165, 1.54) is 0 Å². The Kier molecular flexibility index (Phi) is 5.29. The minimum Gasteiger partial charge on any atom is -0.388 e.